The lowest BCUT2D eigenvalue weighted by Crippen LogP contribution is -2.05. The summed E-state index contributed by atoms with van der Waals surface area (Å²) in [5.41, 5.74) is 3.26. The molecule has 0 unspecified atom stereocenters. The molecule has 0 atom stereocenters. The summed E-state index contributed by atoms with van der Waals surface area (Å²) in [5.74, 6) is 0.773. The van der Waals surface area contributed by atoms with Crippen LogP contribution in [0.2, 0.25) is 0 Å². The second-order valence-electron chi connectivity index (χ2n) is 6.20. The first-order chi connectivity index (χ1) is 13.5. The molecule has 0 radical (unpaired) electrons. The smallest absolute Gasteiger partial charge is 0.374 e. The second-order valence-corrected chi connectivity index (χ2v) is 8.06. The Balaban J connectivity index is 1.70. The summed E-state index contributed by atoms with van der Waals surface area (Å²) in [4.78, 5) is 21.3. The number of fused-ring (bicyclic) bond motifs is 2. The highest BCUT2D eigenvalue weighted by Crippen LogP contribution is 2.33. The van der Waals surface area contributed by atoms with Crippen LogP contribution in [0.1, 0.15) is 34.4 Å². The average Bonchev–Trinajstić information content (AvgIpc) is 3.21. The van der Waals surface area contributed by atoms with Crippen molar-refractivity contribution in [1.82, 2.24) is 19.6 Å². The van der Waals surface area contributed by atoms with Crippen molar-refractivity contribution in [2.24, 2.45) is 0 Å². The minimum absolute atomic E-state index is 0.219. The third-order valence-electron chi connectivity index (χ3n) is 4.16. The van der Waals surface area contributed by atoms with Gasteiger partial charge >= 0.3 is 5.97 Å². The Morgan fingerprint density at radius 3 is 2.89 bits per heavy atom. The van der Waals surface area contributed by atoms with Gasteiger partial charge in [0.2, 0.25) is 10.9 Å². The molecule has 0 saturated carbocycles. The monoisotopic (exact) mass is 460 g/mol. The van der Waals surface area contributed by atoms with Crippen molar-refractivity contribution in [1.29, 1.82) is 0 Å². The van der Waals surface area contributed by atoms with E-state index in [-0.39, 0.29) is 12.4 Å². The Labute approximate surface area is 173 Å². The number of thioether (sulfide) groups is 1. The van der Waals surface area contributed by atoms with Crippen molar-refractivity contribution in [2.75, 3.05) is 6.61 Å². The molecule has 0 saturated heterocycles. The number of carbonyl (C=O) groups excluding carboxylic acids is 1. The van der Waals surface area contributed by atoms with Gasteiger partial charge in [-0.05, 0) is 45.0 Å². The number of carbonyl (C=O) groups is 1. The Morgan fingerprint density at radius 2 is 2.11 bits per heavy atom. The van der Waals surface area contributed by atoms with E-state index in [1.54, 1.807) is 11.4 Å². The third-order valence-corrected chi connectivity index (χ3v) is 5.52. The fourth-order valence-corrected chi connectivity index (χ4v) is 4.18. The quantitative estimate of drug-likeness (QED) is 0.314. The topological polar surface area (TPSA) is 82.5 Å². The van der Waals surface area contributed by atoms with Gasteiger partial charge in [0.25, 0.3) is 5.78 Å². The summed E-state index contributed by atoms with van der Waals surface area (Å²) >= 11 is 4.90. The van der Waals surface area contributed by atoms with Crippen LogP contribution in [0.5, 0.6) is 0 Å². The number of aryl methyl sites for hydroxylation is 2. The van der Waals surface area contributed by atoms with E-state index in [0.29, 0.717) is 22.3 Å². The molecule has 3 aromatic heterocycles. The lowest BCUT2D eigenvalue weighted by atomic mass is 10.1. The third kappa shape index (κ3) is 3.51. The molecule has 0 spiro atoms. The summed E-state index contributed by atoms with van der Waals surface area (Å²) in [6.07, 6.45) is 0. The Bertz CT molecular complexity index is 1200. The molecule has 144 valence electrons. The van der Waals surface area contributed by atoms with E-state index in [4.69, 9.17) is 9.15 Å². The normalized spacial score (nSPS) is 11.4. The Morgan fingerprint density at radius 1 is 1.29 bits per heavy atom. The summed E-state index contributed by atoms with van der Waals surface area (Å²) in [6, 6.07) is 7.59. The van der Waals surface area contributed by atoms with Crippen LogP contribution < -0.4 is 0 Å². The van der Waals surface area contributed by atoms with Crippen LogP contribution in [0.4, 0.5) is 0 Å². The summed E-state index contributed by atoms with van der Waals surface area (Å²) in [5, 5.41) is 5.95. The molecule has 3 heterocycles. The van der Waals surface area contributed by atoms with Crippen molar-refractivity contribution in [3.8, 4) is 0 Å². The number of hydrogen-bond acceptors (Lipinski definition) is 7. The maximum atomic E-state index is 12.4. The molecular weight excluding hydrogens is 444 g/mol. The predicted molar refractivity (Wildman–Crippen MR) is 110 cm³/mol. The summed E-state index contributed by atoms with van der Waals surface area (Å²) in [6.45, 7) is 5.94. The van der Waals surface area contributed by atoms with Gasteiger partial charge in [0.05, 0.1) is 6.61 Å². The molecule has 0 aliphatic carbocycles. The minimum Gasteiger partial charge on any atom is -0.460 e. The molecule has 0 fully saturated rings. The molecule has 0 N–H and O–H groups in total. The van der Waals surface area contributed by atoms with Gasteiger partial charge in [-0.15, -0.1) is 5.10 Å². The van der Waals surface area contributed by atoms with Crippen molar-refractivity contribution in [3.63, 3.8) is 0 Å². The minimum atomic E-state index is -0.471. The standard InChI is InChI=1S/C19H17BrN4O3S/c1-4-26-17(25)16-14(13-8-12(20)5-6-15(13)27-16)9-28-19-22-18-21-10(2)7-11(3)24(18)23-19/h5-8H,4,9H2,1-3H3. The maximum Gasteiger partial charge on any atom is 0.374 e. The van der Waals surface area contributed by atoms with Crippen LogP contribution in [0, 0.1) is 13.8 Å². The van der Waals surface area contributed by atoms with Gasteiger partial charge < -0.3 is 9.15 Å². The number of ether oxygens (including phenoxy) is 1. The van der Waals surface area contributed by atoms with Crippen LogP contribution in [0.15, 0.2) is 38.3 Å². The van der Waals surface area contributed by atoms with E-state index in [1.165, 1.54) is 11.8 Å². The molecule has 0 bridgehead atoms. The van der Waals surface area contributed by atoms with Gasteiger partial charge in [-0.3, -0.25) is 0 Å². The fourth-order valence-electron chi connectivity index (χ4n) is 2.97. The maximum absolute atomic E-state index is 12.4. The fraction of sp³-hybridized carbons (Fsp3) is 0.263. The highest BCUT2D eigenvalue weighted by Gasteiger charge is 2.22. The Kier molecular flexibility index (Phi) is 5.11. The van der Waals surface area contributed by atoms with Crippen molar-refractivity contribution in [2.45, 2.75) is 31.7 Å². The summed E-state index contributed by atoms with van der Waals surface area (Å²) < 4.78 is 13.6. The van der Waals surface area contributed by atoms with Crippen LogP contribution in [-0.4, -0.2) is 32.2 Å². The molecular formula is C19H17BrN4O3S. The molecule has 4 aromatic rings. The molecule has 0 amide bonds. The summed E-state index contributed by atoms with van der Waals surface area (Å²) in [7, 11) is 0. The van der Waals surface area contributed by atoms with E-state index >= 15 is 0 Å². The van der Waals surface area contributed by atoms with Crippen LogP contribution in [0.3, 0.4) is 0 Å². The number of furan rings is 1. The van der Waals surface area contributed by atoms with Crippen LogP contribution in [0.25, 0.3) is 16.7 Å². The number of aromatic nitrogens is 4. The molecule has 0 aliphatic rings. The first-order valence-corrected chi connectivity index (χ1v) is 10.5. The molecule has 1 aromatic carbocycles. The van der Waals surface area contributed by atoms with Crippen molar-refractivity contribution >= 4 is 50.4 Å². The second kappa shape index (κ2) is 7.56. The first-order valence-electron chi connectivity index (χ1n) is 8.68. The number of hydrogen-bond donors (Lipinski definition) is 0. The molecule has 28 heavy (non-hydrogen) atoms. The van der Waals surface area contributed by atoms with Crippen LogP contribution >= 0.6 is 27.7 Å². The van der Waals surface area contributed by atoms with E-state index in [2.05, 4.69) is 31.0 Å². The van der Waals surface area contributed by atoms with Gasteiger partial charge in [-0.25, -0.2) is 14.3 Å². The predicted octanol–water partition coefficient (Wildman–Crippen LogP) is 4.72. The molecule has 9 heteroatoms. The zero-order valence-corrected chi connectivity index (χ0v) is 17.9. The Hall–Kier alpha value is -2.39. The highest BCUT2D eigenvalue weighted by atomic mass is 79.9. The van der Waals surface area contributed by atoms with Gasteiger partial charge in [-0.1, -0.05) is 27.7 Å². The number of halogens is 1. The number of esters is 1. The average molecular weight is 461 g/mol. The zero-order valence-electron chi connectivity index (χ0n) is 15.5. The van der Waals surface area contributed by atoms with Gasteiger partial charge in [0, 0.05) is 32.6 Å². The molecule has 4 rings (SSSR count). The van der Waals surface area contributed by atoms with Gasteiger partial charge in [-0.2, -0.15) is 4.98 Å². The van der Waals surface area contributed by atoms with E-state index in [1.807, 2.05) is 38.1 Å². The lowest BCUT2D eigenvalue weighted by molar-refractivity contribution is 0.0491. The molecule has 7 nitrogen and oxygen atoms in total. The van der Waals surface area contributed by atoms with Crippen molar-refractivity contribution in [3.05, 3.63) is 51.4 Å². The highest BCUT2D eigenvalue weighted by molar-refractivity contribution is 9.10. The van der Waals surface area contributed by atoms with E-state index in [9.17, 15) is 4.79 Å². The lowest BCUT2D eigenvalue weighted by Gasteiger charge is -2.02. The largest absolute Gasteiger partial charge is 0.460 e. The van der Waals surface area contributed by atoms with E-state index < -0.39 is 5.97 Å². The SMILES string of the molecule is CCOC(=O)c1oc2ccc(Br)cc2c1CSc1nc2nc(C)cc(C)n2n1. The van der Waals surface area contributed by atoms with Crippen molar-refractivity contribution < 1.29 is 13.9 Å². The first kappa shape index (κ1) is 18.9. The van der Waals surface area contributed by atoms with Gasteiger partial charge in [0.15, 0.2) is 0 Å². The molecule has 0 aliphatic heterocycles. The van der Waals surface area contributed by atoms with E-state index in [0.717, 1.165) is 26.8 Å². The van der Waals surface area contributed by atoms with Crippen LogP contribution in [-0.2, 0) is 10.5 Å². The van der Waals surface area contributed by atoms with Gasteiger partial charge in [0.1, 0.15) is 5.58 Å². The number of benzene rings is 1. The number of rotatable bonds is 5. The number of nitrogens with zero attached hydrogens (tertiary/aromatic N) is 4. The zero-order chi connectivity index (χ0) is 19.8.